The van der Waals surface area contributed by atoms with Gasteiger partial charge in [-0.25, -0.2) is 4.39 Å². The van der Waals surface area contributed by atoms with Crippen molar-refractivity contribution in [2.24, 2.45) is 4.99 Å². The first kappa shape index (κ1) is 21.5. The number of nitrogens with one attached hydrogen (secondary N) is 2. The lowest BCUT2D eigenvalue weighted by Gasteiger charge is -2.35. The van der Waals surface area contributed by atoms with Gasteiger partial charge in [-0.1, -0.05) is 0 Å². The van der Waals surface area contributed by atoms with Gasteiger partial charge in [0.1, 0.15) is 5.82 Å². The molecule has 1 aromatic rings. The predicted molar refractivity (Wildman–Crippen MR) is 110 cm³/mol. The van der Waals surface area contributed by atoms with Crippen LogP contribution < -0.4 is 10.6 Å². The molecule has 0 spiro atoms. The molecule has 1 aliphatic rings. The third-order valence-corrected chi connectivity index (χ3v) is 4.95. The molecule has 0 unspecified atom stereocenters. The fraction of sp³-hybridized carbons (Fsp3) is 0.588. The fourth-order valence-corrected chi connectivity index (χ4v) is 3.16. The minimum atomic E-state index is -0.583. The van der Waals surface area contributed by atoms with Crippen LogP contribution in [0.5, 0.6) is 0 Å². The summed E-state index contributed by atoms with van der Waals surface area (Å²) in [5.74, 6) is 1.53. The summed E-state index contributed by atoms with van der Waals surface area (Å²) >= 11 is 1.72. The molecule has 2 rings (SSSR count). The zero-order valence-corrected chi connectivity index (χ0v) is 17.2. The zero-order chi connectivity index (χ0) is 16.5. The van der Waals surface area contributed by atoms with Gasteiger partial charge in [0.2, 0.25) is 0 Å². The minimum absolute atomic E-state index is 0. The van der Waals surface area contributed by atoms with E-state index in [0.717, 1.165) is 55.4 Å². The zero-order valence-electron chi connectivity index (χ0n) is 14.1. The van der Waals surface area contributed by atoms with Crippen LogP contribution in [0, 0.1) is 5.82 Å². The molecule has 4 nitrogen and oxygen atoms in total. The molecule has 0 aromatic heterocycles. The van der Waals surface area contributed by atoms with Gasteiger partial charge in [0.15, 0.2) is 5.96 Å². The molecule has 1 aromatic carbocycles. The molecular weight excluding hydrogens is 440 g/mol. The molecule has 24 heavy (non-hydrogen) atoms. The average molecular weight is 467 g/mol. The van der Waals surface area contributed by atoms with Crippen molar-refractivity contribution in [3.63, 3.8) is 0 Å². The number of nitrogens with zero attached hydrogens (tertiary/aromatic N) is 1. The van der Waals surface area contributed by atoms with Gasteiger partial charge in [0.25, 0.3) is 0 Å². The largest absolute Gasteiger partial charge is 0.388 e. The van der Waals surface area contributed by atoms with Gasteiger partial charge in [0.05, 0.1) is 12.1 Å². The lowest BCUT2D eigenvalue weighted by Crippen LogP contribution is -2.43. The monoisotopic (exact) mass is 467 g/mol. The summed E-state index contributed by atoms with van der Waals surface area (Å²) in [5.41, 5.74) is -0.583. The number of halogens is 2. The SMILES string of the molecule is CCNC(=NCC1(O)CCC1)NCCCSc1ccc(F)cc1.I. The number of benzene rings is 1. The lowest BCUT2D eigenvalue weighted by atomic mass is 9.80. The van der Waals surface area contributed by atoms with Crippen LogP contribution in [0.4, 0.5) is 4.39 Å². The number of guanidine groups is 1. The molecule has 1 aliphatic carbocycles. The van der Waals surface area contributed by atoms with Crippen molar-refractivity contribution in [1.29, 1.82) is 0 Å². The lowest BCUT2D eigenvalue weighted by molar-refractivity contribution is -0.0236. The first-order chi connectivity index (χ1) is 11.1. The smallest absolute Gasteiger partial charge is 0.191 e. The summed E-state index contributed by atoms with van der Waals surface area (Å²) in [4.78, 5) is 5.55. The first-order valence-electron chi connectivity index (χ1n) is 8.24. The molecule has 7 heteroatoms. The van der Waals surface area contributed by atoms with E-state index in [1.807, 2.05) is 6.92 Å². The molecule has 0 heterocycles. The normalized spacial score (nSPS) is 16.0. The maximum atomic E-state index is 12.8. The number of rotatable bonds is 8. The molecule has 1 saturated carbocycles. The highest BCUT2D eigenvalue weighted by atomic mass is 127. The molecule has 0 amide bonds. The van der Waals surface area contributed by atoms with Gasteiger partial charge in [0, 0.05) is 18.0 Å². The Kier molecular flexibility index (Phi) is 9.99. The summed E-state index contributed by atoms with van der Waals surface area (Å²) in [6.07, 6.45) is 3.78. The van der Waals surface area contributed by atoms with Crippen LogP contribution in [-0.2, 0) is 0 Å². The van der Waals surface area contributed by atoms with E-state index in [0.29, 0.717) is 6.54 Å². The predicted octanol–water partition coefficient (Wildman–Crippen LogP) is 3.40. The van der Waals surface area contributed by atoms with Gasteiger partial charge in [-0.15, -0.1) is 35.7 Å². The molecule has 3 N–H and O–H groups in total. The Balaban J connectivity index is 0.00000288. The van der Waals surface area contributed by atoms with Gasteiger partial charge < -0.3 is 15.7 Å². The van der Waals surface area contributed by atoms with E-state index in [4.69, 9.17) is 0 Å². The Hall–Kier alpha value is -0.540. The highest BCUT2D eigenvalue weighted by Gasteiger charge is 2.34. The van der Waals surface area contributed by atoms with E-state index in [1.165, 1.54) is 12.1 Å². The molecule has 0 saturated heterocycles. The van der Waals surface area contributed by atoms with Crippen molar-refractivity contribution in [3.8, 4) is 0 Å². The van der Waals surface area contributed by atoms with E-state index < -0.39 is 5.60 Å². The number of aliphatic imine (C=N–C) groups is 1. The molecule has 0 aliphatic heterocycles. The van der Waals surface area contributed by atoms with Gasteiger partial charge in [-0.05, 0) is 62.6 Å². The van der Waals surface area contributed by atoms with Gasteiger partial charge in [-0.2, -0.15) is 0 Å². The van der Waals surface area contributed by atoms with Crippen LogP contribution in [0.3, 0.4) is 0 Å². The van der Waals surface area contributed by atoms with Crippen LogP contribution >= 0.6 is 35.7 Å². The van der Waals surface area contributed by atoms with Crippen LogP contribution in [0.1, 0.15) is 32.6 Å². The standard InChI is InChI=1S/C17H26FN3OS.HI/c1-2-19-16(21-13-17(22)9-3-10-17)20-11-4-12-23-15-7-5-14(18)6-8-15;/h5-8,22H,2-4,9-13H2,1H3,(H2,19,20,21);1H. The Morgan fingerprint density at radius 3 is 2.58 bits per heavy atom. The van der Waals surface area contributed by atoms with E-state index in [-0.39, 0.29) is 29.8 Å². The molecule has 1 fully saturated rings. The number of hydrogen-bond donors (Lipinski definition) is 3. The van der Waals surface area contributed by atoms with Crippen molar-refractivity contribution in [3.05, 3.63) is 30.1 Å². The summed E-state index contributed by atoms with van der Waals surface area (Å²) in [6, 6.07) is 6.58. The Morgan fingerprint density at radius 2 is 2.00 bits per heavy atom. The fourth-order valence-electron chi connectivity index (χ4n) is 2.31. The summed E-state index contributed by atoms with van der Waals surface area (Å²) < 4.78 is 12.8. The van der Waals surface area contributed by atoms with Crippen LogP contribution in [-0.4, -0.2) is 42.1 Å². The van der Waals surface area contributed by atoms with Crippen molar-refractivity contribution in [2.45, 2.75) is 43.1 Å². The highest BCUT2D eigenvalue weighted by molar-refractivity contribution is 14.0. The second-order valence-corrected chi connectivity index (χ2v) is 7.02. The van der Waals surface area contributed by atoms with Crippen LogP contribution in [0.25, 0.3) is 0 Å². The third kappa shape index (κ3) is 7.57. The summed E-state index contributed by atoms with van der Waals surface area (Å²) in [5, 5.41) is 16.6. The first-order valence-corrected chi connectivity index (χ1v) is 9.23. The van der Waals surface area contributed by atoms with E-state index in [1.54, 1.807) is 23.9 Å². The Labute approximate surface area is 165 Å². The number of hydrogen-bond acceptors (Lipinski definition) is 3. The quantitative estimate of drug-likeness (QED) is 0.180. The van der Waals surface area contributed by atoms with Crippen molar-refractivity contribution >= 4 is 41.7 Å². The van der Waals surface area contributed by atoms with Crippen molar-refractivity contribution in [2.75, 3.05) is 25.4 Å². The maximum Gasteiger partial charge on any atom is 0.191 e. The van der Waals surface area contributed by atoms with Crippen LogP contribution in [0.15, 0.2) is 34.2 Å². The number of aliphatic hydroxyl groups is 1. The Bertz CT molecular complexity index is 509. The topological polar surface area (TPSA) is 56.7 Å². The van der Waals surface area contributed by atoms with E-state index >= 15 is 0 Å². The molecule has 0 bridgehead atoms. The van der Waals surface area contributed by atoms with Crippen molar-refractivity contribution < 1.29 is 9.50 Å². The molecule has 0 radical (unpaired) electrons. The second kappa shape index (κ2) is 11.1. The average Bonchev–Trinajstić information content (AvgIpc) is 2.52. The molecule has 0 atom stereocenters. The minimum Gasteiger partial charge on any atom is -0.388 e. The highest BCUT2D eigenvalue weighted by Crippen LogP contribution is 2.31. The van der Waals surface area contributed by atoms with Gasteiger partial charge >= 0.3 is 0 Å². The summed E-state index contributed by atoms with van der Waals surface area (Å²) in [6.45, 7) is 4.11. The third-order valence-electron chi connectivity index (χ3n) is 3.86. The van der Waals surface area contributed by atoms with E-state index in [9.17, 15) is 9.50 Å². The second-order valence-electron chi connectivity index (χ2n) is 5.86. The van der Waals surface area contributed by atoms with Gasteiger partial charge in [-0.3, -0.25) is 4.99 Å². The van der Waals surface area contributed by atoms with E-state index in [2.05, 4.69) is 15.6 Å². The molecular formula is C17H27FIN3OS. The summed E-state index contributed by atoms with van der Waals surface area (Å²) in [7, 11) is 0. The number of thioether (sulfide) groups is 1. The Morgan fingerprint density at radius 1 is 1.29 bits per heavy atom. The molecule has 136 valence electrons. The van der Waals surface area contributed by atoms with Crippen LogP contribution in [0.2, 0.25) is 0 Å². The maximum absolute atomic E-state index is 12.8. The van der Waals surface area contributed by atoms with Crippen molar-refractivity contribution in [1.82, 2.24) is 10.6 Å².